The first-order valence-electron chi connectivity index (χ1n) is 4.64. The van der Waals surface area contributed by atoms with Gasteiger partial charge in [0.1, 0.15) is 5.15 Å². The molecule has 0 radical (unpaired) electrons. The Balaban J connectivity index is 3.37. The largest absolute Gasteiger partial charge is 0.574 e. The highest BCUT2D eigenvalue weighted by Crippen LogP contribution is 2.37. The summed E-state index contributed by atoms with van der Waals surface area (Å²) < 4.78 is 77.1. The number of carboxylic acid groups (broad SMARTS) is 1. The van der Waals surface area contributed by atoms with Crippen molar-refractivity contribution >= 4 is 17.6 Å². The van der Waals surface area contributed by atoms with E-state index in [0.29, 0.717) is 0 Å². The summed E-state index contributed by atoms with van der Waals surface area (Å²) in [6.07, 6.45) is -11.5. The van der Waals surface area contributed by atoms with E-state index in [1.165, 1.54) is 0 Å². The smallest absolute Gasteiger partial charge is 0.481 e. The summed E-state index contributed by atoms with van der Waals surface area (Å²) in [4.78, 5) is 13.4. The second kappa shape index (κ2) is 5.35. The molecular formula is C9H4ClF6NO3. The van der Waals surface area contributed by atoms with Crippen molar-refractivity contribution in [2.24, 2.45) is 0 Å². The van der Waals surface area contributed by atoms with E-state index in [0.717, 1.165) is 0 Å². The Morgan fingerprint density at radius 2 is 1.85 bits per heavy atom. The number of carbonyl (C=O) groups is 1. The quantitative estimate of drug-likeness (QED) is 0.685. The van der Waals surface area contributed by atoms with Crippen LogP contribution in [-0.4, -0.2) is 22.4 Å². The van der Waals surface area contributed by atoms with Crippen molar-refractivity contribution in [3.8, 4) is 5.88 Å². The zero-order valence-electron chi connectivity index (χ0n) is 9.14. The van der Waals surface area contributed by atoms with Crippen LogP contribution in [0.25, 0.3) is 0 Å². The predicted molar refractivity (Wildman–Crippen MR) is 52.3 cm³/mol. The van der Waals surface area contributed by atoms with Crippen molar-refractivity contribution < 1.29 is 41.0 Å². The molecule has 4 nitrogen and oxygen atoms in total. The Bertz CT molecular complexity index is 528. The van der Waals surface area contributed by atoms with Gasteiger partial charge in [0.25, 0.3) is 0 Å². The average molecular weight is 324 g/mol. The van der Waals surface area contributed by atoms with E-state index in [2.05, 4.69) is 9.72 Å². The Morgan fingerprint density at radius 1 is 1.30 bits per heavy atom. The van der Waals surface area contributed by atoms with E-state index >= 15 is 0 Å². The topological polar surface area (TPSA) is 59.4 Å². The number of pyridine rings is 1. The SMILES string of the molecule is O=C(O)Cc1c(C(F)(F)F)cc(OC(F)(F)F)nc1Cl. The molecular weight excluding hydrogens is 320 g/mol. The van der Waals surface area contributed by atoms with Gasteiger partial charge in [-0.15, -0.1) is 13.2 Å². The second-order valence-electron chi connectivity index (χ2n) is 3.39. The number of ether oxygens (including phenoxy) is 1. The van der Waals surface area contributed by atoms with Crippen molar-refractivity contribution in [2.45, 2.75) is 19.0 Å². The van der Waals surface area contributed by atoms with Crippen LogP contribution in [-0.2, 0) is 17.4 Å². The van der Waals surface area contributed by atoms with Crippen molar-refractivity contribution in [1.29, 1.82) is 0 Å². The minimum atomic E-state index is -5.26. The van der Waals surface area contributed by atoms with Crippen LogP contribution in [0.2, 0.25) is 5.15 Å². The third-order valence-corrected chi connectivity index (χ3v) is 2.22. The molecule has 0 aliphatic rings. The molecule has 0 amide bonds. The van der Waals surface area contributed by atoms with E-state index in [-0.39, 0.29) is 6.07 Å². The van der Waals surface area contributed by atoms with Crippen molar-refractivity contribution in [1.82, 2.24) is 4.98 Å². The number of rotatable bonds is 3. The first-order chi connectivity index (χ1) is 8.90. The lowest BCUT2D eigenvalue weighted by atomic mass is 10.1. The van der Waals surface area contributed by atoms with Crippen LogP contribution in [0.3, 0.4) is 0 Å². The van der Waals surface area contributed by atoms with Crippen molar-refractivity contribution in [2.75, 3.05) is 0 Å². The van der Waals surface area contributed by atoms with Gasteiger partial charge in [0.05, 0.1) is 12.0 Å². The molecule has 0 atom stereocenters. The Hall–Kier alpha value is -1.71. The minimum absolute atomic E-state index is 0.0579. The molecule has 0 saturated carbocycles. The number of hydrogen-bond donors (Lipinski definition) is 1. The highest BCUT2D eigenvalue weighted by molar-refractivity contribution is 6.30. The molecule has 0 spiro atoms. The highest BCUT2D eigenvalue weighted by atomic mass is 35.5. The van der Waals surface area contributed by atoms with Crippen LogP contribution in [0.1, 0.15) is 11.1 Å². The lowest BCUT2D eigenvalue weighted by Crippen LogP contribution is -2.20. The standard InChI is InChI=1S/C9H4ClF6NO3/c10-7-3(1-6(18)19)4(8(11,12)13)2-5(17-7)20-9(14,15)16/h2H,1H2,(H,18,19). The van der Waals surface area contributed by atoms with Gasteiger partial charge in [-0.25, -0.2) is 4.98 Å². The second-order valence-corrected chi connectivity index (χ2v) is 3.75. The first-order valence-corrected chi connectivity index (χ1v) is 5.02. The predicted octanol–water partition coefficient (Wildman–Crippen LogP) is 3.28. The third-order valence-electron chi connectivity index (χ3n) is 1.90. The monoisotopic (exact) mass is 323 g/mol. The summed E-state index contributed by atoms with van der Waals surface area (Å²) in [5, 5.41) is 7.45. The van der Waals surface area contributed by atoms with Crippen LogP contribution in [0, 0.1) is 0 Å². The van der Waals surface area contributed by atoms with Gasteiger partial charge in [-0.1, -0.05) is 11.6 Å². The molecule has 112 valence electrons. The summed E-state index contributed by atoms with van der Waals surface area (Å²) in [7, 11) is 0. The van der Waals surface area contributed by atoms with Crippen LogP contribution in [0.4, 0.5) is 26.3 Å². The zero-order chi connectivity index (χ0) is 15.7. The lowest BCUT2D eigenvalue weighted by Gasteiger charge is -2.15. The van der Waals surface area contributed by atoms with E-state index < -0.39 is 47.1 Å². The van der Waals surface area contributed by atoms with Gasteiger partial charge in [0, 0.05) is 11.6 Å². The molecule has 1 aromatic rings. The summed E-state index contributed by atoms with van der Waals surface area (Å²) in [6, 6.07) is -0.0579. The number of aromatic nitrogens is 1. The molecule has 1 N–H and O–H groups in total. The third kappa shape index (κ3) is 4.44. The minimum Gasteiger partial charge on any atom is -0.481 e. The number of carboxylic acids is 1. The van der Waals surface area contributed by atoms with Crippen LogP contribution in [0.15, 0.2) is 6.07 Å². The normalized spacial score (nSPS) is 12.3. The molecule has 0 bridgehead atoms. The fraction of sp³-hybridized carbons (Fsp3) is 0.333. The first kappa shape index (κ1) is 16.3. The molecule has 0 saturated heterocycles. The number of hydrogen-bond acceptors (Lipinski definition) is 3. The van der Waals surface area contributed by atoms with Crippen LogP contribution in [0.5, 0.6) is 5.88 Å². The number of halogens is 7. The Kier molecular flexibility index (Phi) is 4.37. The van der Waals surface area contributed by atoms with Gasteiger partial charge in [-0.3, -0.25) is 4.79 Å². The molecule has 0 unspecified atom stereocenters. The van der Waals surface area contributed by atoms with Crippen LogP contribution >= 0.6 is 11.6 Å². The molecule has 0 aliphatic carbocycles. The molecule has 1 rings (SSSR count). The van der Waals surface area contributed by atoms with Crippen molar-refractivity contribution in [3.63, 3.8) is 0 Å². The Morgan fingerprint density at radius 3 is 2.25 bits per heavy atom. The molecule has 0 aromatic carbocycles. The van der Waals surface area contributed by atoms with E-state index in [1.54, 1.807) is 0 Å². The number of alkyl halides is 6. The van der Waals surface area contributed by atoms with E-state index in [4.69, 9.17) is 16.7 Å². The van der Waals surface area contributed by atoms with E-state index in [1.807, 2.05) is 0 Å². The lowest BCUT2D eigenvalue weighted by molar-refractivity contribution is -0.276. The molecule has 1 aromatic heterocycles. The van der Waals surface area contributed by atoms with Gasteiger partial charge in [-0.2, -0.15) is 13.2 Å². The maximum Gasteiger partial charge on any atom is 0.574 e. The fourth-order valence-electron chi connectivity index (χ4n) is 1.26. The summed E-state index contributed by atoms with van der Waals surface area (Å²) >= 11 is 5.29. The average Bonchev–Trinajstić information content (AvgIpc) is 2.16. The van der Waals surface area contributed by atoms with Gasteiger partial charge >= 0.3 is 18.5 Å². The Labute approximate surface area is 111 Å². The summed E-state index contributed by atoms with van der Waals surface area (Å²) in [5.41, 5.74) is -2.60. The molecule has 11 heteroatoms. The van der Waals surface area contributed by atoms with Gasteiger partial charge in [0.2, 0.25) is 5.88 Å². The number of nitrogens with zero attached hydrogens (tertiary/aromatic N) is 1. The van der Waals surface area contributed by atoms with Gasteiger partial charge in [0.15, 0.2) is 0 Å². The highest BCUT2D eigenvalue weighted by Gasteiger charge is 2.38. The van der Waals surface area contributed by atoms with E-state index in [9.17, 15) is 31.1 Å². The van der Waals surface area contributed by atoms with Gasteiger partial charge < -0.3 is 9.84 Å². The number of aliphatic carboxylic acids is 1. The molecule has 1 heterocycles. The fourth-order valence-corrected chi connectivity index (χ4v) is 1.51. The zero-order valence-corrected chi connectivity index (χ0v) is 9.90. The maximum absolute atomic E-state index is 12.7. The molecule has 0 aliphatic heterocycles. The summed E-state index contributed by atoms with van der Waals surface area (Å²) in [6.45, 7) is 0. The molecule has 0 fully saturated rings. The maximum atomic E-state index is 12.7. The van der Waals surface area contributed by atoms with Crippen molar-refractivity contribution in [3.05, 3.63) is 22.3 Å². The molecule has 20 heavy (non-hydrogen) atoms. The van der Waals surface area contributed by atoms with Gasteiger partial charge in [-0.05, 0) is 0 Å². The summed E-state index contributed by atoms with van der Waals surface area (Å²) in [5.74, 6) is -3.08. The van der Waals surface area contributed by atoms with Crippen LogP contribution < -0.4 is 4.74 Å².